The van der Waals surface area contributed by atoms with E-state index in [-0.39, 0.29) is 12.5 Å². The first kappa shape index (κ1) is 12.8. The van der Waals surface area contributed by atoms with Crippen molar-refractivity contribution in [2.24, 2.45) is 5.92 Å². The Morgan fingerprint density at radius 1 is 1.42 bits per heavy atom. The third kappa shape index (κ3) is 2.32. The minimum Gasteiger partial charge on any atom is -0.396 e. The molecule has 3 N–H and O–H groups in total. The van der Waals surface area contributed by atoms with E-state index in [9.17, 15) is 5.11 Å². The highest BCUT2D eigenvalue weighted by atomic mass is 35.5. The van der Waals surface area contributed by atoms with Gasteiger partial charge in [0.05, 0.1) is 11.6 Å². The third-order valence-electron chi connectivity index (χ3n) is 3.61. The van der Waals surface area contributed by atoms with Gasteiger partial charge in [0.2, 0.25) is 0 Å². The predicted octanol–water partition coefficient (Wildman–Crippen LogP) is 0.396. The topological polar surface area (TPSA) is 85.3 Å². The molecule has 1 aliphatic rings. The van der Waals surface area contributed by atoms with Gasteiger partial charge in [0, 0.05) is 43.9 Å². The maximum atomic E-state index is 9.79. The lowest BCUT2D eigenvalue weighted by Gasteiger charge is -2.14. The number of hydrogen-bond acceptors (Lipinski definition) is 5. The van der Waals surface area contributed by atoms with Gasteiger partial charge in [-0.15, -0.1) is 0 Å². The van der Waals surface area contributed by atoms with Crippen molar-refractivity contribution in [3.63, 3.8) is 0 Å². The van der Waals surface area contributed by atoms with Crippen molar-refractivity contribution in [3.8, 4) is 0 Å². The van der Waals surface area contributed by atoms with E-state index >= 15 is 0 Å². The normalized spacial score (nSPS) is 24.4. The van der Waals surface area contributed by atoms with Crippen molar-refractivity contribution in [2.75, 3.05) is 19.7 Å². The van der Waals surface area contributed by atoms with Crippen LogP contribution in [0.2, 0.25) is 5.15 Å². The summed E-state index contributed by atoms with van der Waals surface area (Å²) < 4.78 is 0. The van der Waals surface area contributed by atoms with E-state index in [4.69, 9.17) is 16.7 Å². The summed E-state index contributed by atoms with van der Waals surface area (Å²) >= 11 is 5.99. The number of halogens is 1. The molecular weight excluding hydrogens is 268 g/mol. The minimum atomic E-state index is -0.464. The van der Waals surface area contributed by atoms with E-state index in [1.807, 2.05) is 6.20 Å². The number of fused-ring (bicyclic) bond motifs is 1. The zero-order chi connectivity index (χ0) is 13.4. The smallest absolute Gasteiger partial charge is 0.156 e. The summed E-state index contributed by atoms with van der Waals surface area (Å²) in [6.07, 6.45) is 2.84. The fraction of sp³-hybridized carbons (Fsp3) is 0.500. The Kier molecular flexibility index (Phi) is 3.40. The molecule has 2 aromatic heterocycles. The Morgan fingerprint density at radius 2 is 2.26 bits per heavy atom. The van der Waals surface area contributed by atoms with Gasteiger partial charge in [-0.3, -0.25) is 4.90 Å². The van der Waals surface area contributed by atoms with Crippen LogP contribution in [0.25, 0.3) is 11.0 Å². The van der Waals surface area contributed by atoms with Crippen LogP contribution < -0.4 is 0 Å². The van der Waals surface area contributed by atoms with Crippen LogP contribution in [0.3, 0.4) is 0 Å². The van der Waals surface area contributed by atoms with Gasteiger partial charge < -0.3 is 15.2 Å². The first-order valence-corrected chi connectivity index (χ1v) is 6.54. The second kappa shape index (κ2) is 5.05. The van der Waals surface area contributed by atoms with Gasteiger partial charge in [0.15, 0.2) is 5.15 Å². The number of aromatic nitrogens is 3. The van der Waals surface area contributed by atoms with Gasteiger partial charge in [-0.2, -0.15) is 0 Å². The lowest BCUT2D eigenvalue weighted by Crippen LogP contribution is -2.21. The SMILES string of the molecule is OC[C@@H]1CN(Cc2c[nH]c3c(Cl)ncnc23)C[C@@H]1O. The molecule has 1 fully saturated rings. The second-order valence-electron chi connectivity index (χ2n) is 4.91. The molecule has 102 valence electrons. The summed E-state index contributed by atoms with van der Waals surface area (Å²) in [6, 6.07) is 0. The van der Waals surface area contributed by atoms with Crippen LogP contribution in [0, 0.1) is 5.92 Å². The van der Waals surface area contributed by atoms with E-state index < -0.39 is 6.10 Å². The molecular formula is C12H15ClN4O2. The Balaban J connectivity index is 1.81. The molecule has 0 aliphatic carbocycles. The average Bonchev–Trinajstić information content (AvgIpc) is 2.95. The average molecular weight is 283 g/mol. The monoisotopic (exact) mass is 282 g/mol. The van der Waals surface area contributed by atoms with Crippen molar-refractivity contribution >= 4 is 22.6 Å². The minimum absolute atomic E-state index is 0.0134. The summed E-state index contributed by atoms with van der Waals surface area (Å²) in [5, 5.41) is 19.4. The predicted molar refractivity (Wildman–Crippen MR) is 70.8 cm³/mol. The molecule has 0 amide bonds. The van der Waals surface area contributed by atoms with Crippen LogP contribution in [0.4, 0.5) is 0 Å². The molecule has 3 heterocycles. The molecule has 1 saturated heterocycles. The molecule has 6 nitrogen and oxygen atoms in total. The number of hydrogen-bond donors (Lipinski definition) is 3. The van der Waals surface area contributed by atoms with Crippen LogP contribution >= 0.6 is 11.6 Å². The first-order chi connectivity index (χ1) is 9.19. The number of likely N-dealkylation sites (tertiary alicyclic amines) is 1. The number of β-amino-alcohol motifs (C(OH)–C–C–N with tert-alkyl or cyclic N) is 1. The molecule has 2 atom stereocenters. The van der Waals surface area contributed by atoms with Crippen LogP contribution in [0.15, 0.2) is 12.5 Å². The lowest BCUT2D eigenvalue weighted by atomic mass is 10.1. The summed E-state index contributed by atoms with van der Waals surface area (Å²) in [7, 11) is 0. The van der Waals surface area contributed by atoms with Gasteiger partial charge in [0.1, 0.15) is 11.8 Å². The van der Waals surface area contributed by atoms with Crippen molar-refractivity contribution in [3.05, 3.63) is 23.2 Å². The van der Waals surface area contributed by atoms with Crippen molar-refractivity contribution < 1.29 is 10.2 Å². The highest BCUT2D eigenvalue weighted by Crippen LogP contribution is 2.24. The Labute approximate surface area is 115 Å². The number of nitrogens with zero attached hydrogens (tertiary/aromatic N) is 3. The fourth-order valence-corrected chi connectivity index (χ4v) is 2.76. The molecule has 7 heteroatoms. The number of rotatable bonds is 3. The molecule has 1 aliphatic heterocycles. The van der Waals surface area contributed by atoms with E-state index in [1.54, 1.807) is 0 Å². The summed E-state index contributed by atoms with van der Waals surface area (Å²) in [4.78, 5) is 13.3. The third-order valence-corrected chi connectivity index (χ3v) is 3.89. The molecule has 19 heavy (non-hydrogen) atoms. The Bertz CT molecular complexity index is 588. The maximum Gasteiger partial charge on any atom is 0.156 e. The number of aliphatic hydroxyl groups is 2. The molecule has 0 spiro atoms. The van der Waals surface area contributed by atoms with Crippen LogP contribution in [0.5, 0.6) is 0 Å². The van der Waals surface area contributed by atoms with E-state index in [2.05, 4.69) is 19.9 Å². The van der Waals surface area contributed by atoms with E-state index in [0.29, 0.717) is 24.8 Å². The molecule has 0 unspecified atom stereocenters. The molecule has 0 aromatic carbocycles. The van der Waals surface area contributed by atoms with Crippen molar-refractivity contribution in [1.82, 2.24) is 19.9 Å². The maximum absolute atomic E-state index is 9.79. The van der Waals surface area contributed by atoms with Crippen LogP contribution in [-0.2, 0) is 6.54 Å². The van der Waals surface area contributed by atoms with Gasteiger partial charge in [-0.1, -0.05) is 11.6 Å². The van der Waals surface area contributed by atoms with Crippen LogP contribution in [0.1, 0.15) is 5.56 Å². The van der Waals surface area contributed by atoms with Crippen LogP contribution in [-0.4, -0.2) is 55.9 Å². The highest BCUT2D eigenvalue weighted by molar-refractivity contribution is 6.33. The van der Waals surface area contributed by atoms with Gasteiger partial charge in [0.25, 0.3) is 0 Å². The largest absolute Gasteiger partial charge is 0.396 e. The van der Waals surface area contributed by atoms with E-state index in [0.717, 1.165) is 16.6 Å². The zero-order valence-corrected chi connectivity index (χ0v) is 11.0. The number of H-pyrrole nitrogens is 1. The fourth-order valence-electron chi connectivity index (χ4n) is 2.57. The van der Waals surface area contributed by atoms with Crippen molar-refractivity contribution in [2.45, 2.75) is 12.6 Å². The molecule has 2 aromatic rings. The Hall–Kier alpha value is -1.21. The van der Waals surface area contributed by atoms with Gasteiger partial charge >= 0.3 is 0 Å². The number of aliphatic hydroxyl groups excluding tert-OH is 2. The van der Waals surface area contributed by atoms with E-state index in [1.165, 1.54) is 6.33 Å². The molecule has 0 bridgehead atoms. The summed E-state index contributed by atoms with van der Waals surface area (Å²) in [5.74, 6) is -0.0663. The number of nitrogens with one attached hydrogen (secondary N) is 1. The highest BCUT2D eigenvalue weighted by Gasteiger charge is 2.30. The second-order valence-corrected chi connectivity index (χ2v) is 5.26. The molecule has 0 radical (unpaired) electrons. The summed E-state index contributed by atoms with van der Waals surface area (Å²) in [5.41, 5.74) is 2.56. The first-order valence-electron chi connectivity index (χ1n) is 6.16. The molecule has 0 saturated carbocycles. The van der Waals surface area contributed by atoms with Crippen molar-refractivity contribution in [1.29, 1.82) is 0 Å². The summed E-state index contributed by atoms with van der Waals surface area (Å²) in [6.45, 7) is 1.93. The molecule has 3 rings (SSSR count). The quantitative estimate of drug-likeness (QED) is 0.710. The lowest BCUT2D eigenvalue weighted by molar-refractivity contribution is 0.103. The van der Waals surface area contributed by atoms with Gasteiger partial charge in [-0.05, 0) is 0 Å². The number of aromatic amines is 1. The zero-order valence-electron chi connectivity index (χ0n) is 10.3. The Morgan fingerprint density at radius 3 is 3.00 bits per heavy atom. The van der Waals surface area contributed by atoms with Gasteiger partial charge in [-0.25, -0.2) is 9.97 Å². The standard InChI is InChI=1S/C12H15ClN4O2/c13-12-11-10(15-6-16-12)7(1-14-11)2-17-3-8(5-18)9(19)4-17/h1,6,8-9,14,18-19H,2-5H2/t8-,9-/m0/s1.